The topological polar surface area (TPSA) is 96.0 Å². The summed E-state index contributed by atoms with van der Waals surface area (Å²) in [6.45, 7) is 3.70. The Morgan fingerprint density at radius 2 is 1.70 bits per heavy atom. The van der Waals surface area contributed by atoms with Gasteiger partial charge in [-0.2, -0.15) is 0 Å². The van der Waals surface area contributed by atoms with Crippen molar-refractivity contribution in [2.45, 2.75) is 13.8 Å². The number of aryl methyl sites for hydroxylation is 2. The number of halogens is 1. The second kappa shape index (κ2) is 8.39. The predicted molar refractivity (Wildman–Crippen MR) is 123 cm³/mol. The molecule has 0 saturated carbocycles. The van der Waals surface area contributed by atoms with E-state index in [1.807, 2.05) is 25.1 Å². The summed E-state index contributed by atoms with van der Waals surface area (Å²) in [6, 6.07) is 12.2. The molecular formula is C20H16ClN5O2S2. The van der Waals surface area contributed by atoms with Gasteiger partial charge in [-0.05, 0) is 43.7 Å². The predicted octanol–water partition coefficient (Wildman–Crippen LogP) is 5.92. The van der Waals surface area contributed by atoms with Crippen LogP contribution in [-0.2, 0) is 0 Å². The number of urea groups is 1. The first-order valence-electron chi connectivity index (χ1n) is 8.87. The van der Waals surface area contributed by atoms with Crippen molar-refractivity contribution in [3.05, 3.63) is 63.6 Å². The molecule has 0 saturated heterocycles. The molecule has 0 bridgehead atoms. The molecule has 10 heteroatoms. The SMILES string of the molecule is Cc1nc(NC(=O)Nc2cccc(Cl)c2)sc1C(=O)Nc1nc2c(C)cccc2s1. The second-order valence-electron chi connectivity index (χ2n) is 6.42. The summed E-state index contributed by atoms with van der Waals surface area (Å²) in [5.74, 6) is -0.315. The zero-order chi connectivity index (χ0) is 21.3. The summed E-state index contributed by atoms with van der Waals surface area (Å²) in [4.78, 5) is 34.1. The Balaban J connectivity index is 1.45. The number of anilines is 3. The van der Waals surface area contributed by atoms with Crippen molar-refractivity contribution in [1.82, 2.24) is 9.97 Å². The summed E-state index contributed by atoms with van der Waals surface area (Å²) in [5.41, 5.74) is 3.00. The first-order valence-corrected chi connectivity index (χ1v) is 10.9. The number of nitrogens with one attached hydrogen (secondary N) is 3. The Morgan fingerprint density at radius 3 is 2.47 bits per heavy atom. The number of para-hydroxylation sites is 1. The Kier molecular flexibility index (Phi) is 5.67. The average Bonchev–Trinajstić information content (AvgIpc) is 3.25. The van der Waals surface area contributed by atoms with Gasteiger partial charge in [-0.25, -0.2) is 14.8 Å². The highest BCUT2D eigenvalue weighted by Gasteiger charge is 2.18. The van der Waals surface area contributed by atoms with Crippen LogP contribution >= 0.6 is 34.3 Å². The van der Waals surface area contributed by atoms with Gasteiger partial charge in [0.05, 0.1) is 15.9 Å². The molecule has 2 aromatic heterocycles. The lowest BCUT2D eigenvalue weighted by molar-refractivity contribution is 0.103. The van der Waals surface area contributed by atoms with Crippen LogP contribution in [0.25, 0.3) is 10.2 Å². The first kappa shape index (κ1) is 20.3. The monoisotopic (exact) mass is 457 g/mol. The molecule has 152 valence electrons. The highest BCUT2D eigenvalue weighted by molar-refractivity contribution is 7.22. The third-order valence-electron chi connectivity index (χ3n) is 4.15. The van der Waals surface area contributed by atoms with Crippen molar-refractivity contribution in [2.24, 2.45) is 0 Å². The van der Waals surface area contributed by atoms with Crippen LogP contribution in [0, 0.1) is 13.8 Å². The van der Waals surface area contributed by atoms with Crippen molar-refractivity contribution in [2.75, 3.05) is 16.0 Å². The molecule has 0 aliphatic rings. The molecule has 4 aromatic rings. The molecule has 0 radical (unpaired) electrons. The van der Waals surface area contributed by atoms with E-state index >= 15 is 0 Å². The molecular weight excluding hydrogens is 442 g/mol. The molecule has 2 heterocycles. The molecule has 0 aliphatic heterocycles. The molecule has 4 rings (SSSR count). The summed E-state index contributed by atoms with van der Waals surface area (Å²) in [6.07, 6.45) is 0. The van der Waals surface area contributed by atoms with E-state index < -0.39 is 6.03 Å². The summed E-state index contributed by atoms with van der Waals surface area (Å²) >= 11 is 8.42. The number of nitrogens with zero attached hydrogens (tertiary/aromatic N) is 2. The van der Waals surface area contributed by atoms with Crippen LogP contribution in [0.5, 0.6) is 0 Å². The first-order chi connectivity index (χ1) is 14.4. The Hall–Kier alpha value is -3.01. The van der Waals surface area contributed by atoms with Gasteiger partial charge < -0.3 is 5.32 Å². The minimum absolute atomic E-state index is 0.315. The van der Waals surface area contributed by atoms with Gasteiger partial charge in [0, 0.05) is 10.7 Å². The Bertz CT molecular complexity index is 1270. The maximum atomic E-state index is 12.7. The van der Waals surface area contributed by atoms with Crippen LogP contribution in [0.3, 0.4) is 0 Å². The summed E-state index contributed by atoms with van der Waals surface area (Å²) in [7, 11) is 0. The average molecular weight is 458 g/mol. The quantitative estimate of drug-likeness (QED) is 0.354. The third kappa shape index (κ3) is 4.43. The second-order valence-corrected chi connectivity index (χ2v) is 8.88. The Labute approximate surface area is 185 Å². The van der Waals surface area contributed by atoms with Gasteiger partial charge in [0.15, 0.2) is 10.3 Å². The van der Waals surface area contributed by atoms with Crippen molar-refractivity contribution in [3.63, 3.8) is 0 Å². The van der Waals surface area contributed by atoms with Crippen molar-refractivity contribution >= 4 is 72.4 Å². The summed E-state index contributed by atoms with van der Waals surface area (Å²) in [5, 5.41) is 9.49. The minimum Gasteiger partial charge on any atom is -0.308 e. The van der Waals surface area contributed by atoms with E-state index in [1.54, 1.807) is 31.2 Å². The van der Waals surface area contributed by atoms with Gasteiger partial charge in [0.2, 0.25) is 0 Å². The standard InChI is InChI=1S/C20H16ClN5O2S2/c1-10-5-3-8-14-15(10)24-20(29-14)25-17(27)16-11(2)22-19(30-16)26-18(28)23-13-7-4-6-12(21)9-13/h3-9H,1-2H3,(H,24,25,27)(H2,22,23,26,28). The van der Waals surface area contributed by atoms with E-state index in [1.165, 1.54) is 11.3 Å². The lowest BCUT2D eigenvalue weighted by Gasteiger charge is -2.05. The lowest BCUT2D eigenvalue weighted by atomic mass is 10.2. The smallest absolute Gasteiger partial charge is 0.308 e. The number of fused-ring (bicyclic) bond motifs is 1. The fourth-order valence-electron chi connectivity index (χ4n) is 2.78. The fraction of sp³-hybridized carbons (Fsp3) is 0.100. The van der Waals surface area contributed by atoms with Crippen molar-refractivity contribution in [3.8, 4) is 0 Å². The molecule has 30 heavy (non-hydrogen) atoms. The van der Waals surface area contributed by atoms with E-state index in [0.717, 1.165) is 27.1 Å². The number of thiazole rings is 2. The van der Waals surface area contributed by atoms with E-state index in [9.17, 15) is 9.59 Å². The number of hydrogen-bond donors (Lipinski definition) is 3. The molecule has 0 unspecified atom stereocenters. The third-order valence-corrected chi connectivity index (χ3v) is 6.39. The molecule has 7 nitrogen and oxygen atoms in total. The molecule has 0 spiro atoms. The number of carbonyl (C=O) groups is 2. The highest BCUT2D eigenvalue weighted by atomic mass is 35.5. The minimum atomic E-state index is -0.473. The molecule has 0 fully saturated rings. The molecule has 2 aromatic carbocycles. The lowest BCUT2D eigenvalue weighted by Crippen LogP contribution is -2.19. The normalized spacial score (nSPS) is 10.8. The van der Waals surface area contributed by atoms with Gasteiger partial charge in [0.1, 0.15) is 4.88 Å². The number of hydrogen-bond acceptors (Lipinski definition) is 6. The molecule has 3 amide bonds. The van der Waals surface area contributed by atoms with Gasteiger partial charge in [-0.1, -0.05) is 52.5 Å². The number of benzene rings is 2. The largest absolute Gasteiger partial charge is 0.325 e. The van der Waals surface area contributed by atoms with Gasteiger partial charge >= 0.3 is 6.03 Å². The van der Waals surface area contributed by atoms with Crippen molar-refractivity contribution < 1.29 is 9.59 Å². The number of aromatic nitrogens is 2. The van der Waals surface area contributed by atoms with Crippen molar-refractivity contribution in [1.29, 1.82) is 0 Å². The van der Waals surface area contributed by atoms with Crippen LogP contribution in [0.15, 0.2) is 42.5 Å². The number of rotatable bonds is 4. The van der Waals surface area contributed by atoms with Crippen LogP contribution in [0.1, 0.15) is 20.9 Å². The van der Waals surface area contributed by atoms with E-state index in [0.29, 0.717) is 31.5 Å². The molecule has 0 atom stereocenters. The van der Waals surface area contributed by atoms with Gasteiger partial charge in [-0.15, -0.1) is 0 Å². The van der Waals surface area contributed by atoms with E-state index in [4.69, 9.17) is 11.6 Å². The van der Waals surface area contributed by atoms with Crippen LogP contribution < -0.4 is 16.0 Å². The summed E-state index contributed by atoms with van der Waals surface area (Å²) < 4.78 is 1.01. The van der Waals surface area contributed by atoms with Gasteiger partial charge in [-0.3, -0.25) is 15.4 Å². The fourth-order valence-corrected chi connectivity index (χ4v) is 4.77. The van der Waals surface area contributed by atoms with Crippen LogP contribution in [-0.4, -0.2) is 21.9 Å². The van der Waals surface area contributed by atoms with E-state index in [2.05, 4.69) is 25.9 Å². The molecule has 3 N–H and O–H groups in total. The molecule has 0 aliphatic carbocycles. The zero-order valence-corrected chi connectivity index (χ0v) is 18.3. The van der Waals surface area contributed by atoms with Crippen LogP contribution in [0.2, 0.25) is 5.02 Å². The maximum Gasteiger partial charge on any atom is 0.325 e. The zero-order valence-electron chi connectivity index (χ0n) is 15.9. The van der Waals surface area contributed by atoms with E-state index in [-0.39, 0.29) is 5.91 Å². The Morgan fingerprint density at radius 1 is 0.933 bits per heavy atom. The highest BCUT2D eigenvalue weighted by Crippen LogP contribution is 2.29. The maximum absolute atomic E-state index is 12.7. The number of amides is 3. The number of carbonyl (C=O) groups excluding carboxylic acids is 2. The van der Waals surface area contributed by atoms with Gasteiger partial charge in [0.25, 0.3) is 5.91 Å². The van der Waals surface area contributed by atoms with Crippen LogP contribution in [0.4, 0.5) is 20.7 Å².